The van der Waals surface area contributed by atoms with Crippen molar-refractivity contribution in [3.63, 3.8) is 0 Å². The number of nitrogens with zero attached hydrogens (tertiary/aromatic N) is 4. The summed E-state index contributed by atoms with van der Waals surface area (Å²) >= 11 is 1.15. The molecule has 2 amide bonds. The minimum atomic E-state index is -0.322. The van der Waals surface area contributed by atoms with Gasteiger partial charge in [-0.1, -0.05) is 72.4 Å². The number of methoxy groups -OCH3 is 1. The zero-order valence-corrected chi connectivity index (χ0v) is 23.1. The molecule has 0 atom stereocenters. The fraction of sp³-hybridized carbons (Fsp3) is 0.167. The van der Waals surface area contributed by atoms with Gasteiger partial charge >= 0.3 is 5.88 Å². The number of amidine groups is 1. The Balaban J connectivity index is 1.26. The third kappa shape index (κ3) is 7.47. The van der Waals surface area contributed by atoms with Crippen molar-refractivity contribution >= 4 is 46.4 Å². The van der Waals surface area contributed by atoms with Gasteiger partial charge in [0.1, 0.15) is 24.7 Å². The van der Waals surface area contributed by atoms with E-state index in [1.54, 1.807) is 19.4 Å². The molecular formula is C30H28N5O5S+. The fourth-order valence-corrected chi connectivity index (χ4v) is 4.70. The van der Waals surface area contributed by atoms with Crippen LogP contribution >= 0.6 is 11.8 Å². The van der Waals surface area contributed by atoms with E-state index in [4.69, 9.17) is 14.0 Å². The van der Waals surface area contributed by atoms with Gasteiger partial charge in [0.15, 0.2) is 5.17 Å². The predicted octanol–water partition coefficient (Wildman–Crippen LogP) is 4.30. The summed E-state index contributed by atoms with van der Waals surface area (Å²) in [5.74, 6) is 0.346. The first-order valence-electron chi connectivity index (χ1n) is 12.8. The van der Waals surface area contributed by atoms with Crippen LogP contribution in [0.2, 0.25) is 0 Å². The molecular weight excluding hydrogens is 542 g/mol. The minimum Gasteiger partial charge on any atom is -0.489 e. The van der Waals surface area contributed by atoms with Crippen molar-refractivity contribution in [2.45, 2.75) is 13.2 Å². The summed E-state index contributed by atoms with van der Waals surface area (Å²) in [4.78, 5) is 32.2. The number of aliphatic imine (C=N–C) groups is 1. The van der Waals surface area contributed by atoms with Crippen molar-refractivity contribution in [2.24, 2.45) is 4.99 Å². The number of aromatic nitrogens is 2. The van der Waals surface area contributed by atoms with E-state index in [0.717, 1.165) is 28.6 Å². The summed E-state index contributed by atoms with van der Waals surface area (Å²) in [6.45, 7) is 1.42. The van der Waals surface area contributed by atoms with Gasteiger partial charge in [0, 0.05) is 7.11 Å². The highest BCUT2D eigenvalue weighted by molar-refractivity contribution is 8.14. The molecule has 0 bridgehead atoms. The van der Waals surface area contributed by atoms with Gasteiger partial charge in [-0.15, -0.1) is 0 Å². The Morgan fingerprint density at radius 3 is 2.51 bits per heavy atom. The van der Waals surface area contributed by atoms with Gasteiger partial charge in [-0.05, 0) is 46.2 Å². The molecule has 0 spiro atoms. The predicted molar refractivity (Wildman–Crippen MR) is 156 cm³/mol. The second-order valence-corrected chi connectivity index (χ2v) is 9.84. The van der Waals surface area contributed by atoms with Crippen molar-refractivity contribution in [2.75, 3.05) is 29.7 Å². The topological polar surface area (TPSA) is 110 Å². The molecule has 41 heavy (non-hydrogen) atoms. The molecule has 1 aliphatic heterocycles. The lowest BCUT2D eigenvalue weighted by Gasteiger charge is -2.17. The summed E-state index contributed by atoms with van der Waals surface area (Å²) < 4.78 is 17.6. The third-order valence-electron chi connectivity index (χ3n) is 5.91. The monoisotopic (exact) mass is 570 g/mol. The molecule has 3 aromatic carbocycles. The molecule has 5 rings (SSSR count). The number of rotatable bonds is 11. The first kappa shape index (κ1) is 27.8. The highest BCUT2D eigenvalue weighted by atomic mass is 32.2. The number of nitrogens with one attached hydrogen (secondary N) is 1. The van der Waals surface area contributed by atoms with Gasteiger partial charge in [0.05, 0.1) is 11.4 Å². The third-order valence-corrected chi connectivity index (χ3v) is 6.84. The minimum absolute atomic E-state index is 0.00888. The Morgan fingerprint density at radius 2 is 1.78 bits per heavy atom. The number of carbonyl (C=O) groups excluding carboxylic acids is 2. The maximum absolute atomic E-state index is 13.4. The lowest BCUT2D eigenvalue weighted by atomic mass is 10.2. The molecule has 0 fully saturated rings. The smallest absolute Gasteiger partial charge is 0.302 e. The van der Waals surface area contributed by atoms with Crippen LogP contribution in [0.3, 0.4) is 0 Å². The van der Waals surface area contributed by atoms with Crippen LogP contribution < -0.4 is 19.6 Å². The molecule has 0 saturated carbocycles. The van der Waals surface area contributed by atoms with Crippen LogP contribution in [0.5, 0.6) is 5.75 Å². The maximum Gasteiger partial charge on any atom is 0.302 e. The largest absolute Gasteiger partial charge is 0.489 e. The number of benzene rings is 3. The molecule has 0 saturated heterocycles. The first-order chi connectivity index (χ1) is 20.1. The van der Waals surface area contributed by atoms with Crippen LogP contribution in [0, 0.1) is 0 Å². The van der Waals surface area contributed by atoms with Gasteiger partial charge in [0.2, 0.25) is 17.7 Å². The summed E-state index contributed by atoms with van der Waals surface area (Å²) in [6, 6.07) is 26.6. The molecule has 208 valence electrons. The molecule has 0 radical (unpaired) electrons. The van der Waals surface area contributed by atoms with E-state index in [-0.39, 0.29) is 29.1 Å². The summed E-state index contributed by atoms with van der Waals surface area (Å²) in [7, 11) is 1.59. The zero-order chi connectivity index (χ0) is 28.4. The fourth-order valence-electron chi connectivity index (χ4n) is 3.88. The number of hydrogen-bond donors (Lipinski definition) is 1. The number of anilines is 2. The molecule has 2 heterocycles. The van der Waals surface area contributed by atoms with E-state index < -0.39 is 0 Å². The molecule has 1 aliphatic rings. The van der Waals surface area contributed by atoms with Gasteiger partial charge in [-0.3, -0.25) is 24.3 Å². The Morgan fingerprint density at radius 1 is 1.05 bits per heavy atom. The van der Waals surface area contributed by atoms with E-state index in [0.29, 0.717) is 30.6 Å². The zero-order valence-electron chi connectivity index (χ0n) is 22.3. The van der Waals surface area contributed by atoms with Gasteiger partial charge < -0.3 is 9.47 Å². The summed E-state index contributed by atoms with van der Waals surface area (Å²) in [6.07, 6.45) is 3.30. The molecule has 0 unspecified atom stereocenters. The Hall–Kier alpha value is -4.74. The second kappa shape index (κ2) is 13.6. The Bertz CT molecular complexity index is 1540. The summed E-state index contributed by atoms with van der Waals surface area (Å²) in [5, 5.41) is 6.90. The van der Waals surface area contributed by atoms with Crippen LogP contribution in [0.4, 0.5) is 11.6 Å². The van der Waals surface area contributed by atoms with Crippen molar-refractivity contribution in [3.05, 3.63) is 108 Å². The van der Waals surface area contributed by atoms with Gasteiger partial charge in [-0.25, -0.2) is 4.99 Å². The average Bonchev–Trinajstić information content (AvgIpc) is 3.58. The number of carbonyl (C=O) groups is 2. The normalized spacial score (nSPS) is 13.9. The maximum atomic E-state index is 13.4. The number of para-hydroxylation sites is 1. The van der Waals surface area contributed by atoms with E-state index in [9.17, 15) is 9.59 Å². The van der Waals surface area contributed by atoms with Crippen LogP contribution in [0.1, 0.15) is 11.1 Å². The number of amides is 2. The number of thioether (sulfide) groups is 1. The molecule has 4 aromatic rings. The molecule has 1 aromatic heterocycles. The van der Waals surface area contributed by atoms with Crippen LogP contribution in [-0.2, 0) is 27.5 Å². The molecule has 0 aliphatic carbocycles. The van der Waals surface area contributed by atoms with Crippen molar-refractivity contribution < 1.29 is 28.3 Å². The highest BCUT2D eigenvalue weighted by Crippen LogP contribution is 2.29. The molecule has 1 N–H and O–H groups in total. The first-order valence-corrected chi connectivity index (χ1v) is 13.8. The second-order valence-electron chi connectivity index (χ2n) is 8.90. The van der Waals surface area contributed by atoms with Crippen LogP contribution in [0.25, 0.3) is 6.08 Å². The highest BCUT2D eigenvalue weighted by Gasteiger charge is 2.32. The van der Waals surface area contributed by atoms with Crippen LogP contribution in [-0.4, -0.2) is 41.7 Å². The molecule has 10 nitrogen and oxygen atoms in total. The standard InChI is InChI=1S/C30H27N5O5S/c1-38-17-16-34-19-28(40-33-34)32-27(36)21-41-30-31-26(29(37)35(30)24-10-6-3-7-11-24)18-22-12-14-25(15-13-22)39-20-23-8-4-2-5-9-23/h2-15,18-19H,16-17,20-21H2,1H3/p+1/b26-18+. The quantitative estimate of drug-likeness (QED) is 0.211. The van der Waals surface area contributed by atoms with Gasteiger partial charge in [0.25, 0.3) is 12.1 Å². The SMILES string of the molecule is COCC[n+]1cc(NC(=O)CSC2=N/C(=C/c3ccc(OCc4ccccc4)cc3)C(=O)N2c2ccccc2)on1. The van der Waals surface area contributed by atoms with Crippen molar-refractivity contribution in [1.29, 1.82) is 0 Å². The van der Waals surface area contributed by atoms with Gasteiger partial charge in [-0.2, -0.15) is 0 Å². The summed E-state index contributed by atoms with van der Waals surface area (Å²) in [5.41, 5.74) is 2.81. The average molecular weight is 571 g/mol. The lowest BCUT2D eigenvalue weighted by molar-refractivity contribution is -0.763. The molecule has 11 heteroatoms. The van der Waals surface area contributed by atoms with Crippen molar-refractivity contribution in [1.82, 2.24) is 5.27 Å². The Labute approximate surface area is 241 Å². The Kier molecular flexibility index (Phi) is 9.19. The van der Waals surface area contributed by atoms with E-state index in [1.165, 1.54) is 9.58 Å². The van der Waals surface area contributed by atoms with Crippen LogP contribution in [0.15, 0.2) is 106 Å². The number of hydrogen-bond acceptors (Lipinski definition) is 8. The van der Waals surface area contributed by atoms with E-state index in [1.807, 2.05) is 84.9 Å². The van der Waals surface area contributed by atoms with Crippen molar-refractivity contribution in [3.8, 4) is 5.75 Å². The van der Waals surface area contributed by atoms with E-state index in [2.05, 4.69) is 15.6 Å². The number of ether oxygens (including phenoxy) is 2. The van der Waals surface area contributed by atoms with E-state index >= 15 is 0 Å². The lowest BCUT2D eigenvalue weighted by Crippen LogP contribution is -2.36.